The summed E-state index contributed by atoms with van der Waals surface area (Å²) in [5.41, 5.74) is 1.39. The van der Waals surface area contributed by atoms with Crippen LogP contribution in [-0.4, -0.2) is 28.5 Å². The Morgan fingerprint density at radius 1 is 1.00 bits per heavy atom. The molecule has 0 heterocycles. The lowest BCUT2D eigenvalue weighted by Crippen LogP contribution is -2.20. The SMILES string of the molecule is CNS(=O)(=O)c1cc(/C=C/C(=O)NCc2ccc(Oc3ccc(F)cc3)cc2)ccc1OC. The Balaban J connectivity index is 1.58. The van der Waals surface area contributed by atoms with Crippen molar-refractivity contribution in [3.8, 4) is 17.2 Å². The second kappa shape index (κ2) is 10.8. The van der Waals surface area contributed by atoms with E-state index in [1.807, 2.05) is 0 Å². The fraction of sp³-hybridized carbons (Fsp3) is 0.125. The fourth-order valence-electron chi connectivity index (χ4n) is 2.85. The monoisotopic (exact) mass is 470 g/mol. The first kappa shape index (κ1) is 24.0. The van der Waals surface area contributed by atoms with E-state index in [2.05, 4.69) is 10.0 Å². The van der Waals surface area contributed by atoms with Gasteiger partial charge in [0.1, 0.15) is 28.0 Å². The highest BCUT2D eigenvalue weighted by Crippen LogP contribution is 2.25. The van der Waals surface area contributed by atoms with E-state index in [1.54, 1.807) is 30.3 Å². The van der Waals surface area contributed by atoms with Crippen molar-refractivity contribution in [2.75, 3.05) is 14.2 Å². The van der Waals surface area contributed by atoms with Gasteiger partial charge in [-0.05, 0) is 72.8 Å². The predicted octanol–water partition coefficient (Wildman–Crippen LogP) is 3.86. The molecule has 0 saturated carbocycles. The lowest BCUT2D eigenvalue weighted by Gasteiger charge is -2.09. The van der Waals surface area contributed by atoms with Gasteiger partial charge in [-0.25, -0.2) is 17.5 Å². The molecule has 3 rings (SSSR count). The van der Waals surface area contributed by atoms with E-state index in [9.17, 15) is 17.6 Å². The predicted molar refractivity (Wildman–Crippen MR) is 123 cm³/mol. The first-order valence-electron chi connectivity index (χ1n) is 9.90. The van der Waals surface area contributed by atoms with Gasteiger partial charge in [-0.15, -0.1) is 0 Å². The fourth-order valence-corrected chi connectivity index (χ4v) is 3.78. The van der Waals surface area contributed by atoms with Crippen LogP contribution in [0.2, 0.25) is 0 Å². The van der Waals surface area contributed by atoms with Crippen LogP contribution in [0.1, 0.15) is 11.1 Å². The normalized spacial score (nSPS) is 11.4. The summed E-state index contributed by atoms with van der Waals surface area (Å²) < 4.78 is 50.3. The van der Waals surface area contributed by atoms with Crippen molar-refractivity contribution in [1.82, 2.24) is 10.0 Å². The quantitative estimate of drug-likeness (QED) is 0.463. The summed E-state index contributed by atoms with van der Waals surface area (Å²) >= 11 is 0. The third-order valence-electron chi connectivity index (χ3n) is 4.61. The number of carbonyl (C=O) groups excluding carboxylic acids is 1. The van der Waals surface area contributed by atoms with Gasteiger partial charge in [-0.1, -0.05) is 18.2 Å². The van der Waals surface area contributed by atoms with Crippen LogP contribution in [0, 0.1) is 5.82 Å². The minimum Gasteiger partial charge on any atom is -0.495 e. The molecule has 0 unspecified atom stereocenters. The summed E-state index contributed by atoms with van der Waals surface area (Å²) in [6.07, 6.45) is 2.84. The number of amides is 1. The molecular formula is C24H23FN2O5S. The van der Waals surface area contributed by atoms with Gasteiger partial charge in [0, 0.05) is 12.6 Å². The third kappa shape index (κ3) is 6.64. The molecule has 0 aromatic heterocycles. The number of methoxy groups -OCH3 is 1. The van der Waals surface area contributed by atoms with E-state index in [0.29, 0.717) is 23.6 Å². The van der Waals surface area contributed by atoms with Gasteiger partial charge >= 0.3 is 0 Å². The summed E-state index contributed by atoms with van der Waals surface area (Å²) in [6, 6.07) is 17.4. The molecular weight excluding hydrogens is 447 g/mol. The van der Waals surface area contributed by atoms with Crippen LogP contribution in [0.4, 0.5) is 4.39 Å². The van der Waals surface area contributed by atoms with Crippen molar-refractivity contribution in [1.29, 1.82) is 0 Å². The van der Waals surface area contributed by atoms with Crippen LogP contribution in [0.15, 0.2) is 77.7 Å². The van der Waals surface area contributed by atoms with E-state index in [1.165, 1.54) is 62.7 Å². The van der Waals surface area contributed by atoms with Crippen LogP contribution in [0.5, 0.6) is 17.2 Å². The Labute approximate surface area is 191 Å². The number of rotatable bonds is 9. The van der Waals surface area contributed by atoms with Crippen LogP contribution >= 0.6 is 0 Å². The maximum absolute atomic E-state index is 13.0. The summed E-state index contributed by atoms with van der Waals surface area (Å²) in [4.78, 5) is 12.2. The van der Waals surface area contributed by atoms with Gasteiger partial charge in [0.2, 0.25) is 15.9 Å². The van der Waals surface area contributed by atoms with Crippen LogP contribution in [0.25, 0.3) is 6.08 Å². The zero-order valence-electron chi connectivity index (χ0n) is 18.0. The molecule has 0 aliphatic rings. The number of sulfonamides is 1. The van der Waals surface area contributed by atoms with E-state index >= 15 is 0 Å². The van der Waals surface area contributed by atoms with Crippen molar-refractivity contribution >= 4 is 22.0 Å². The molecule has 0 radical (unpaired) electrons. The van der Waals surface area contributed by atoms with Gasteiger partial charge in [-0.3, -0.25) is 4.79 Å². The van der Waals surface area contributed by atoms with Gasteiger partial charge in [0.05, 0.1) is 7.11 Å². The smallest absolute Gasteiger partial charge is 0.244 e. The number of nitrogens with one attached hydrogen (secondary N) is 2. The van der Waals surface area contributed by atoms with Crippen LogP contribution < -0.4 is 19.5 Å². The topological polar surface area (TPSA) is 93.7 Å². The van der Waals surface area contributed by atoms with Gasteiger partial charge in [0.25, 0.3) is 0 Å². The highest BCUT2D eigenvalue weighted by atomic mass is 32.2. The molecule has 7 nitrogen and oxygen atoms in total. The molecule has 0 saturated heterocycles. The number of benzene rings is 3. The molecule has 0 aliphatic carbocycles. The summed E-state index contributed by atoms with van der Waals surface area (Å²) in [5.74, 6) is 0.640. The average molecular weight is 471 g/mol. The minimum absolute atomic E-state index is 0.0157. The van der Waals surface area contributed by atoms with Crippen LogP contribution in [0.3, 0.4) is 0 Å². The number of hydrogen-bond acceptors (Lipinski definition) is 5. The molecule has 9 heteroatoms. The first-order valence-corrected chi connectivity index (χ1v) is 11.4. The van der Waals surface area contributed by atoms with Crippen LogP contribution in [-0.2, 0) is 21.4 Å². The molecule has 172 valence electrons. The largest absolute Gasteiger partial charge is 0.495 e. The molecule has 1 amide bonds. The summed E-state index contributed by atoms with van der Waals surface area (Å²) in [6.45, 7) is 0.294. The van der Waals surface area contributed by atoms with Crippen molar-refractivity contribution in [2.24, 2.45) is 0 Å². The maximum atomic E-state index is 13.0. The Kier molecular flexibility index (Phi) is 7.81. The highest BCUT2D eigenvalue weighted by Gasteiger charge is 2.17. The van der Waals surface area contributed by atoms with Crippen molar-refractivity contribution in [3.63, 3.8) is 0 Å². The lowest BCUT2D eigenvalue weighted by atomic mass is 10.2. The Morgan fingerprint density at radius 2 is 1.64 bits per heavy atom. The van der Waals surface area contributed by atoms with E-state index in [4.69, 9.17) is 9.47 Å². The van der Waals surface area contributed by atoms with Gasteiger partial charge < -0.3 is 14.8 Å². The molecule has 33 heavy (non-hydrogen) atoms. The molecule has 0 fully saturated rings. The lowest BCUT2D eigenvalue weighted by molar-refractivity contribution is -0.116. The molecule has 0 spiro atoms. The van der Waals surface area contributed by atoms with E-state index in [0.717, 1.165) is 5.56 Å². The Hall–Kier alpha value is -3.69. The maximum Gasteiger partial charge on any atom is 0.244 e. The standard InChI is InChI=1S/C24H23FN2O5S/c1-26-33(29,30)23-15-17(5-13-22(23)31-2)6-14-24(28)27-16-18-3-9-20(10-4-18)32-21-11-7-19(25)8-12-21/h3-15,26H,16H2,1-2H3,(H,27,28)/b14-6+. The highest BCUT2D eigenvalue weighted by molar-refractivity contribution is 7.89. The zero-order valence-corrected chi connectivity index (χ0v) is 18.9. The number of halogens is 1. The number of hydrogen-bond donors (Lipinski definition) is 2. The molecule has 2 N–H and O–H groups in total. The second-order valence-electron chi connectivity index (χ2n) is 6.87. The van der Waals surface area contributed by atoms with Gasteiger partial charge in [0.15, 0.2) is 0 Å². The molecule has 0 aliphatic heterocycles. The third-order valence-corrected chi connectivity index (χ3v) is 6.05. The molecule has 0 bridgehead atoms. The Morgan fingerprint density at radius 3 is 2.24 bits per heavy atom. The van der Waals surface area contributed by atoms with Crippen molar-refractivity contribution in [2.45, 2.75) is 11.4 Å². The van der Waals surface area contributed by atoms with Gasteiger partial charge in [-0.2, -0.15) is 0 Å². The van der Waals surface area contributed by atoms with Crippen molar-refractivity contribution < 1.29 is 27.1 Å². The van der Waals surface area contributed by atoms with E-state index in [-0.39, 0.29) is 22.4 Å². The molecule has 0 atom stereocenters. The minimum atomic E-state index is -3.71. The molecule has 3 aromatic rings. The second-order valence-corrected chi connectivity index (χ2v) is 8.72. The summed E-state index contributed by atoms with van der Waals surface area (Å²) in [7, 11) is -1.02. The number of carbonyl (C=O) groups is 1. The number of ether oxygens (including phenoxy) is 2. The van der Waals surface area contributed by atoms with Crippen molar-refractivity contribution in [3.05, 3.63) is 89.8 Å². The average Bonchev–Trinajstić information content (AvgIpc) is 2.83. The molecule has 3 aromatic carbocycles. The van der Waals surface area contributed by atoms with E-state index < -0.39 is 10.0 Å². The Bertz CT molecular complexity index is 1240. The summed E-state index contributed by atoms with van der Waals surface area (Å²) in [5, 5.41) is 2.76. The first-order chi connectivity index (χ1) is 15.8. The zero-order chi connectivity index (χ0) is 23.8.